The van der Waals surface area contributed by atoms with E-state index >= 15 is 0 Å². The lowest BCUT2D eigenvalue weighted by Gasteiger charge is -2.26. The molecule has 2 aliphatic heterocycles. The van der Waals surface area contributed by atoms with E-state index in [0.717, 1.165) is 37.2 Å². The number of carbonyl (C=O) groups is 3. The Morgan fingerprint density at radius 2 is 2.14 bits per heavy atom. The second-order valence-electron chi connectivity index (χ2n) is 7.50. The molecule has 28 heavy (non-hydrogen) atoms. The summed E-state index contributed by atoms with van der Waals surface area (Å²) in [6.07, 6.45) is 2.73. The number of anilines is 1. The highest BCUT2D eigenvalue weighted by atomic mass is 32.2. The Morgan fingerprint density at radius 1 is 1.36 bits per heavy atom. The topological polar surface area (TPSA) is 81.8 Å². The summed E-state index contributed by atoms with van der Waals surface area (Å²) in [7, 11) is 3.58. The van der Waals surface area contributed by atoms with Gasteiger partial charge in [0.25, 0.3) is 5.91 Å². The molecule has 1 aromatic rings. The summed E-state index contributed by atoms with van der Waals surface area (Å²) in [4.78, 5) is 41.3. The van der Waals surface area contributed by atoms with Crippen LogP contribution in [-0.2, 0) is 9.59 Å². The molecule has 1 aromatic carbocycles. The number of nitrogens with zero attached hydrogens (tertiary/aromatic N) is 2. The predicted molar refractivity (Wildman–Crippen MR) is 111 cm³/mol. The molecule has 152 valence electrons. The van der Waals surface area contributed by atoms with E-state index in [1.165, 1.54) is 11.8 Å². The van der Waals surface area contributed by atoms with Gasteiger partial charge in [-0.25, -0.2) is 0 Å². The van der Waals surface area contributed by atoms with Crippen LogP contribution in [0.25, 0.3) is 0 Å². The predicted octanol–water partition coefficient (Wildman–Crippen LogP) is 1.79. The van der Waals surface area contributed by atoms with E-state index in [4.69, 9.17) is 0 Å². The Kier molecular flexibility index (Phi) is 6.61. The molecule has 0 saturated carbocycles. The van der Waals surface area contributed by atoms with Crippen molar-refractivity contribution in [1.29, 1.82) is 0 Å². The lowest BCUT2D eigenvalue weighted by atomic mass is 10.1. The van der Waals surface area contributed by atoms with Gasteiger partial charge in [0.1, 0.15) is 0 Å². The van der Waals surface area contributed by atoms with Crippen LogP contribution in [-0.4, -0.2) is 72.5 Å². The Bertz CT molecular complexity index is 768. The van der Waals surface area contributed by atoms with Gasteiger partial charge in [0.15, 0.2) is 0 Å². The highest BCUT2D eigenvalue weighted by Crippen LogP contribution is 2.35. The van der Waals surface area contributed by atoms with Crippen molar-refractivity contribution in [3.8, 4) is 0 Å². The summed E-state index contributed by atoms with van der Waals surface area (Å²) in [6.45, 7) is 4.13. The molecule has 0 radical (unpaired) electrons. The Labute approximate surface area is 170 Å². The van der Waals surface area contributed by atoms with Crippen LogP contribution in [0, 0.1) is 0 Å². The van der Waals surface area contributed by atoms with Gasteiger partial charge in [0.05, 0.1) is 17.0 Å². The van der Waals surface area contributed by atoms with Crippen molar-refractivity contribution in [2.45, 2.75) is 42.4 Å². The first-order valence-electron chi connectivity index (χ1n) is 9.72. The largest absolute Gasteiger partial charge is 0.352 e. The van der Waals surface area contributed by atoms with Crippen molar-refractivity contribution in [3.63, 3.8) is 0 Å². The van der Waals surface area contributed by atoms with E-state index in [9.17, 15) is 14.4 Å². The fourth-order valence-electron chi connectivity index (χ4n) is 3.61. The van der Waals surface area contributed by atoms with E-state index in [2.05, 4.69) is 15.5 Å². The maximum Gasteiger partial charge on any atom is 0.251 e. The highest BCUT2D eigenvalue weighted by Gasteiger charge is 2.31. The monoisotopic (exact) mass is 404 g/mol. The number of carbonyl (C=O) groups excluding carboxylic acids is 3. The average Bonchev–Trinajstić information content (AvgIpc) is 3.13. The summed E-state index contributed by atoms with van der Waals surface area (Å²) in [5, 5.41) is 5.66. The van der Waals surface area contributed by atoms with Gasteiger partial charge in [-0.2, -0.15) is 0 Å². The van der Waals surface area contributed by atoms with Crippen molar-refractivity contribution in [3.05, 3.63) is 23.8 Å². The van der Waals surface area contributed by atoms with Crippen molar-refractivity contribution < 1.29 is 14.4 Å². The smallest absolute Gasteiger partial charge is 0.251 e. The van der Waals surface area contributed by atoms with Crippen molar-refractivity contribution in [2.24, 2.45) is 0 Å². The van der Waals surface area contributed by atoms with Gasteiger partial charge in [-0.05, 0) is 50.9 Å². The van der Waals surface area contributed by atoms with Crippen LogP contribution < -0.4 is 10.6 Å². The molecular formula is C20H28N4O3S. The molecule has 2 atom stereocenters. The van der Waals surface area contributed by atoms with Gasteiger partial charge in [0, 0.05) is 37.6 Å². The zero-order valence-electron chi connectivity index (χ0n) is 16.7. The highest BCUT2D eigenvalue weighted by molar-refractivity contribution is 8.00. The van der Waals surface area contributed by atoms with Gasteiger partial charge in [-0.15, -0.1) is 11.8 Å². The molecule has 1 fully saturated rings. The molecule has 0 spiro atoms. The number of likely N-dealkylation sites (N-methyl/N-ethyl adjacent to an activating group) is 1. The molecule has 1 saturated heterocycles. The maximum atomic E-state index is 12.4. The van der Waals surface area contributed by atoms with Gasteiger partial charge < -0.3 is 15.5 Å². The molecule has 8 heteroatoms. The van der Waals surface area contributed by atoms with E-state index in [1.54, 1.807) is 31.1 Å². The standard InChI is InChI=1S/C20H28N4O3S/c1-13-18(25)22-15-12-14(7-8-17(15)28-13)19(26)21-9-5-11-24-10-4-6-16(24)20(27)23(2)3/h7-8,12-13,16H,4-6,9-11H2,1-3H3,(H,21,26)(H,22,25)/t13-,16+/m1/s1. The zero-order chi connectivity index (χ0) is 20.3. The van der Waals surface area contributed by atoms with Crippen LogP contribution in [0.5, 0.6) is 0 Å². The van der Waals surface area contributed by atoms with Crippen LogP contribution in [0.3, 0.4) is 0 Å². The second-order valence-corrected chi connectivity index (χ2v) is 8.88. The van der Waals surface area contributed by atoms with Gasteiger partial charge in [0.2, 0.25) is 11.8 Å². The molecule has 0 aromatic heterocycles. The molecule has 3 rings (SSSR count). The first-order valence-corrected chi connectivity index (χ1v) is 10.6. The van der Waals surface area contributed by atoms with Crippen molar-refractivity contribution in [2.75, 3.05) is 39.0 Å². The van der Waals surface area contributed by atoms with Crippen LogP contribution in [0.4, 0.5) is 5.69 Å². The zero-order valence-corrected chi connectivity index (χ0v) is 17.5. The third-order valence-electron chi connectivity index (χ3n) is 5.17. The number of rotatable bonds is 6. The van der Waals surface area contributed by atoms with Crippen molar-refractivity contribution in [1.82, 2.24) is 15.1 Å². The van der Waals surface area contributed by atoms with E-state index in [0.29, 0.717) is 17.8 Å². The van der Waals surface area contributed by atoms with Crippen molar-refractivity contribution >= 4 is 35.2 Å². The minimum atomic E-state index is -0.150. The molecule has 0 aliphatic carbocycles. The molecule has 2 aliphatic rings. The molecular weight excluding hydrogens is 376 g/mol. The first-order chi connectivity index (χ1) is 13.4. The third kappa shape index (κ3) is 4.67. The SMILES string of the molecule is C[C@H]1Sc2ccc(C(=O)NCCCN3CCC[C@H]3C(=O)N(C)C)cc2NC1=O. The normalized spacial score (nSPS) is 21.8. The van der Waals surface area contributed by atoms with Crippen LogP contribution in [0.2, 0.25) is 0 Å². The quantitative estimate of drug-likeness (QED) is 0.707. The minimum Gasteiger partial charge on any atom is -0.352 e. The fraction of sp³-hybridized carbons (Fsp3) is 0.550. The maximum absolute atomic E-state index is 12.4. The number of nitrogens with one attached hydrogen (secondary N) is 2. The number of hydrogen-bond donors (Lipinski definition) is 2. The first kappa shape index (κ1) is 20.7. The fourth-order valence-corrected chi connectivity index (χ4v) is 4.54. The molecule has 2 N–H and O–H groups in total. The van der Waals surface area contributed by atoms with E-state index in [1.807, 2.05) is 13.0 Å². The van der Waals surface area contributed by atoms with E-state index < -0.39 is 0 Å². The number of thioether (sulfide) groups is 1. The average molecular weight is 405 g/mol. The van der Waals surface area contributed by atoms with Crippen LogP contribution in [0.15, 0.2) is 23.1 Å². The minimum absolute atomic E-state index is 0.0325. The molecule has 2 heterocycles. The number of benzene rings is 1. The molecule has 0 bridgehead atoms. The summed E-state index contributed by atoms with van der Waals surface area (Å²) < 4.78 is 0. The lowest BCUT2D eigenvalue weighted by molar-refractivity contribution is -0.133. The summed E-state index contributed by atoms with van der Waals surface area (Å²) in [5.41, 5.74) is 1.24. The number of fused-ring (bicyclic) bond motifs is 1. The number of amides is 3. The summed E-state index contributed by atoms with van der Waals surface area (Å²) in [6, 6.07) is 5.37. The Balaban J connectivity index is 1.48. The third-order valence-corrected chi connectivity index (χ3v) is 6.35. The Hall–Kier alpha value is -2.06. The summed E-state index contributed by atoms with van der Waals surface area (Å²) >= 11 is 1.50. The van der Waals surface area contributed by atoms with Crippen LogP contribution >= 0.6 is 11.8 Å². The molecule has 7 nitrogen and oxygen atoms in total. The van der Waals surface area contributed by atoms with Gasteiger partial charge in [-0.3, -0.25) is 19.3 Å². The van der Waals surface area contributed by atoms with E-state index in [-0.39, 0.29) is 29.0 Å². The second kappa shape index (κ2) is 8.96. The Morgan fingerprint density at radius 3 is 2.89 bits per heavy atom. The van der Waals surface area contributed by atoms with Crippen LogP contribution in [0.1, 0.15) is 36.5 Å². The molecule has 0 unspecified atom stereocenters. The summed E-state index contributed by atoms with van der Waals surface area (Å²) in [5.74, 6) is -0.0321. The lowest BCUT2D eigenvalue weighted by Crippen LogP contribution is -2.43. The number of likely N-dealkylation sites (tertiary alicyclic amines) is 1. The molecule has 3 amide bonds. The number of hydrogen-bond acceptors (Lipinski definition) is 5. The van der Waals surface area contributed by atoms with Gasteiger partial charge >= 0.3 is 0 Å². The van der Waals surface area contributed by atoms with Gasteiger partial charge in [-0.1, -0.05) is 0 Å².